The number of ether oxygens (including phenoxy) is 1. The lowest BCUT2D eigenvalue weighted by atomic mass is 10.5. The highest BCUT2D eigenvalue weighted by atomic mass is 28.4. The molecule has 0 atom stereocenters. The summed E-state index contributed by atoms with van der Waals surface area (Å²) in [4.78, 5) is 11.2. The van der Waals surface area contributed by atoms with E-state index in [1.165, 1.54) is 13.2 Å². The molecule has 5 heteroatoms. The molecule has 94 valence electrons. The third-order valence-corrected chi connectivity index (χ3v) is 3.91. The maximum atomic E-state index is 11.2. The van der Waals surface area contributed by atoms with Crippen molar-refractivity contribution < 1.29 is 14.0 Å². The van der Waals surface area contributed by atoms with Crippen molar-refractivity contribution in [2.45, 2.75) is 45.3 Å². The molecule has 0 spiro atoms. The van der Waals surface area contributed by atoms with Crippen molar-refractivity contribution in [2.24, 2.45) is 0 Å². The molecule has 3 nitrogen and oxygen atoms in total. The van der Waals surface area contributed by atoms with Crippen molar-refractivity contribution in [1.29, 1.82) is 0 Å². The number of hydrogen-bond acceptors (Lipinski definition) is 3. The van der Waals surface area contributed by atoms with E-state index in [0.29, 0.717) is 0 Å². The van der Waals surface area contributed by atoms with Crippen molar-refractivity contribution >= 4 is 22.4 Å². The van der Waals surface area contributed by atoms with Gasteiger partial charge in [-0.3, -0.25) is 0 Å². The molecule has 16 heavy (non-hydrogen) atoms. The second kappa shape index (κ2) is 5.68. The Hall–Kier alpha value is -0.556. The standard InChI is InChI=1S/C11H24O3Si2/c1-13-11(12)8-10(9-15(2,3)4)14-16(5,6)7/h8H,9H2,1-7H3. The number of methoxy groups -OCH3 is 1. The smallest absolute Gasteiger partial charge is 0.333 e. The molecule has 0 aliphatic carbocycles. The first-order valence-corrected chi connectivity index (χ1v) is 12.6. The van der Waals surface area contributed by atoms with E-state index in [0.717, 1.165) is 11.8 Å². The topological polar surface area (TPSA) is 35.5 Å². The first-order valence-electron chi connectivity index (χ1n) is 5.51. The summed E-state index contributed by atoms with van der Waals surface area (Å²) < 4.78 is 10.6. The predicted molar refractivity (Wildman–Crippen MR) is 72.7 cm³/mol. The van der Waals surface area contributed by atoms with Crippen molar-refractivity contribution in [3.63, 3.8) is 0 Å². The van der Waals surface area contributed by atoms with E-state index in [4.69, 9.17) is 4.43 Å². The average molecular weight is 260 g/mol. The number of hydrogen-bond donors (Lipinski definition) is 0. The van der Waals surface area contributed by atoms with Gasteiger partial charge in [0.15, 0.2) is 0 Å². The molecule has 0 radical (unpaired) electrons. The normalized spacial score (nSPS) is 13.6. The highest BCUT2D eigenvalue weighted by Gasteiger charge is 2.23. The van der Waals surface area contributed by atoms with Crippen molar-refractivity contribution in [3.05, 3.63) is 11.8 Å². The average Bonchev–Trinajstić information content (AvgIpc) is 1.97. The van der Waals surface area contributed by atoms with Crippen LogP contribution in [0.2, 0.25) is 45.3 Å². The molecule has 0 saturated carbocycles. The summed E-state index contributed by atoms with van der Waals surface area (Å²) in [5.74, 6) is 0.469. The Kier molecular flexibility index (Phi) is 5.48. The largest absolute Gasteiger partial charge is 0.547 e. The summed E-state index contributed by atoms with van der Waals surface area (Å²) in [6.45, 7) is 13.1. The van der Waals surface area contributed by atoms with E-state index >= 15 is 0 Å². The highest BCUT2D eigenvalue weighted by Crippen LogP contribution is 2.21. The van der Waals surface area contributed by atoms with E-state index in [1.807, 2.05) is 0 Å². The van der Waals surface area contributed by atoms with Gasteiger partial charge in [0.1, 0.15) is 0 Å². The first-order chi connectivity index (χ1) is 7.03. The number of carbonyl (C=O) groups excluding carboxylic acids is 1. The Morgan fingerprint density at radius 2 is 1.62 bits per heavy atom. The molecule has 0 aliphatic heterocycles. The van der Waals surface area contributed by atoms with Crippen LogP contribution < -0.4 is 0 Å². The second-order valence-electron chi connectivity index (χ2n) is 6.09. The number of carbonyl (C=O) groups is 1. The SMILES string of the molecule is COC(=O)C=C(C[Si](C)(C)C)O[Si](C)(C)C. The van der Waals surface area contributed by atoms with Crippen LogP contribution in [0, 0.1) is 0 Å². The van der Waals surface area contributed by atoms with Crippen LogP contribution in [0.1, 0.15) is 0 Å². The van der Waals surface area contributed by atoms with Gasteiger partial charge in [-0.25, -0.2) is 4.79 Å². The summed E-state index contributed by atoms with van der Waals surface area (Å²) in [6, 6.07) is 0.881. The predicted octanol–water partition coefficient (Wildman–Crippen LogP) is 3.23. The minimum Gasteiger partial charge on any atom is -0.547 e. The zero-order valence-electron chi connectivity index (χ0n) is 11.5. The summed E-state index contributed by atoms with van der Waals surface area (Å²) in [5.41, 5.74) is 0. The molecular weight excluding hydrogens is 236 g/mol. The molecule has 0 rings (SSSR count). The Labute approximate surface area is 101 Å². The maximum absolute atomic E-state index is 11.2. The minimum atomic E-state index is -1.65. The molecule has 0 saturated heterocycles. The molecule has 0 aromatic carbocycles. The molecule has 0 N–H and O–H groups in total. The third-order valence-electron chi connectivity index (χ3n) is 1.62. The molecule has 0 aliphatic rings. The molecular formula is C11H24O3Si2. The van der Waals surface area contributed by atoms with E-state index in [2.05, 4.69) is 44.0 Å². The molecule has 0 heterocycles. The number of esters is 1. The van der Waals surface area contributed by atoms with Crippen LogP contribution in [0.5, 0.6) is 0 Å². The van der Waals surface area contributed by atoms with Gasteiger partial charge in [0, 0.05) is 0 Å². The molecule has 0 bridgehead atoms. The van der Waals surface area contributed by atoms with Gasteiger partial charge >= 0.3 is 5.97 Å². The fraction of sp³-hybridized carbons (Fsp3) is 0.727. The third kappa shape index (κ3) is 8.73. The lowest BCUT2D eigenvalue weighted by molar-refractivity contribution is -0.135. The van der Waals surface area contributed by atoms with Crippen molar-refractivity contribution in [3.8, 4) is 0 Å². The molecule has 0 unspecified atom stereocenters. The van der Waals surface area contributed by atoms with Crippen LogP contribution in [0.25, 0.3) is 0 Å². The Morgan fingerprint density at radius 3 is 1.94 bits per heavy atom. The van der Waals surface area contributed by atoms with Gasteiger partial charge in [0.05, 0.1) is 27.0 Å². The lowest BCUT2D eigenvalue weighted by Crippen LogP contribution is -2.29. The van der Waals surface area contributed by atoms with E-state index in [-0.39, 0.29) is 5.97 Å². The van der Waals surface area contributed by atoms with Gasteiger partial charge in [0.25, 0.3) is 0 Å². The van der Waals surface area contributed by atoms with E-state index < -0.39 is 16.4 Å². The van der Waals surface area contributed by atoms with Crippen LogP contribution in [0.4, 0.5) is 0 Å². The van der Waals surface area contributed by atoms with Crippen molar-refractivity contribution in [1.82, 2.24) is 0 Å². The van der Waals surface area contributed by atoms with Gasteiger partial charge in [-0.15, -0.1) is 0 Å². The maximum Gasteiger partial charge on any atom is 0.333 e. The second-order valence-corrected chi connectivity index (χ2v) is 16.0. The highest BCUT2D eigenvalue weighted by molar-refractivity contribution is 6.77. The quantitative estimate of drug-likeness (QED) is 0.329. The Morgan fingerprint density at radius 1 is 1.12 bits per heavy atom. The van der Waals surface area contributed by atoms with Gasteiger partial charge in [-0.1, -0.05) is 19.6 Å². The number of allylic oxidation sites excluding steroid dienone is 1. The molecule has 0 amide bonds. The van der Waals surface area contributed by atoms with E-state index in [1.54, 1.807) is 0 Å². The van der Waals surface area contributed by atoms with E-state index in [9.17, 15) is 4.79 Å². The fourth-order valence-electron chi connectivity index (χ4n) is 1.22. The molecule has 0 aromatic rings. The van der Waals surface area contributed by atoms with Gasteiger partial charge in [0.2, 0.25) is 8.32 Å². The first kappa shape index (κ1) is 15.4. The zero-order chi connectivity index (χ0) is 13.0. The summed E-state index contributed by atoms with van der Waals surface area (Å²) in [6.07, 6.45) is 1.50. The van der Waals surface area contributed by atoms with Crippen LogP contribution in [0.15, 0.2) is 11.8 Å². The number of rotatable bonds is 5. The van der Waals surface area contributed by atoms with Gasteiger partial charge in [-0.05, 0) is 25.7 Å². The minimum absolute atomic E-state index is 0.327. The summed E-state index contributed by atoms with van der Waals surface area (Å²) >= 11 is 0. The summed E-state index contributed by atoms with van der Waals surface area (Å²) in [5, 5.41) is 0. The van der Waals surface area contributed by atoms with Crippen LogP contribution in [0.3, 0.4) is 0 Å². The van der Waals surface area contributed by atoms with Gasteiger partial charge < -0.3 is 9.16 Å². The fourth-order valence-corrected chi connectivity index (χ4v) is 3.50. The molecule has 0 fully saturated rings. The zero-order valence-corrected chi connectivity index (χ0v) is 13.5. The summed E-state index contributed by atoms with van der Waals surface area (Å²) in [7, 11) is -1.54. The lowest BCUT2D eigenvalue weighted by Gasteiger charge is -2.25. The Balaban J connectivity index is 4.78. The monoisotopic (exact) mass is 260 g/mol. The van der Waals surface area contributed by atoms with Crippen LogP contribution >= 0.6 is 0 Å². The Bertz CT molecular complexity index is 254. The van der Waals surface area contributed by atoms with Crippen LogP contribution in [-0.2, 0) is 14.0 Å². The molecule has 0 aromatic heterocycles. The van der Waals surface area contributed by atoms with Crippen LogP contribution in [-0.4, -0.2) is 29.5 Å². The van der Waals surface area contributed by atoms with Gasteiger partial charge in [-0.2, -0.15) is 0 Å². The van der Waals surface area contributed by atoms with Crippen molar-refractivity contribution in [2.75, 3.05) is 7.11 Å².